The molecular weight excluding hydrogens is 156 g/mol. The third kappa shape index (κ3) is 1.95. The zero-order valence-corrected chi connectivity index (χ0v) is 7.21. The summed E-state index contributed by atoms with van der Waals surface area (Å²) < 4.78 is 11.2. The molecular formula is C8H16N2O2. The Bertz CT molecular complexity index is 115. The molecule has 2 unspecified atom stereocenters. The van der Waals surface area contributed by atoms with Gasteiger partial charge in [-0.3, -0.25) is 0 Å². The van der Waals surface area contributed by atoms with Gasteiger partial charge in [0.1, 0.15) is 0 Å². The van der Waals surface area contributed by atoms with Crippen LogP contribution in [-0.4, -0.2) is 51.6 Å². The Morgan fingerprint density at radius 3 is 1.67 bits per heavy atom. The molecule has 0 aromatic rings. The van der Waals surface area contributed by atoms with Gasteiger partial charge < -0.3 is 20.1 Å². The molecule has 4 nitrogen and oxygen atoms in total. The van der Waals surface area contributed by atoms with Gasteiger partial charge in [0.2, 0.25) is 0 Å². The molecule has 4 heteroatoms. The maximum atomic E-state index is 5.59. The molecule has 70 valence electrons. The van der Waals surface area contributed by atoms with Crippen LogP contribution in [0.4, 0.5) is 0 Å². The van der Waals surface area contributed by atoms with Gasteiger partial charge in [0, 0.05) is 26.2 Å². The molecule has 0 spiro atoms. The molecule has 0 aliphatic carbocycles. The predicted octanol–water partition coefficient (Wildman–Crippen LogP) is -1.04. The summed E-state index contributed by atoms with van der Waals surface area (Å²) in [6.45, 7) is 5.40. The molecule has 2 N–H and O–H groups in total. The van der Waals surface area contributed by atoms with Crippen LogP contribution in [0.1, 0.15) is 0 Å². The molecule has 2 atom stereocenters. The molecule has 0 aromatic heterocycles. The monoisotopic (exact) mass is 172 g/mol. The summed E-state index contributed by atoms with van der Waals surface area (Å²) in [6.07, 6.45) is 0.484. The predicted molar refractivity (Wildman–Crippen MR) is 45.2 cm³/mol. The van der Waals surface area contributed by atoms with Gasteiger partial charge in [-0.1, -0.05) is 0 Å². The van der Waals surface area contributed by atoms with Gasteiger partial charge in [0.15, 0.2) is 0 Å². The van der Waals surface area contributed by atoms with E-state index < -0.39 is 0 Å². The standard InChI is InChI=1S/C8H16N2O2/c1-3-11-7(5-9-1)8-6-10-2-4-12-8/h7-10H,1-6H2. The van der Waals surface area contributed by atoms with Crippen LogP contribution in [0.25, 0.3) is 0 Å². The summed E-state index contributed by atoms with van der Waals surface area (Å²) >= 11 is 0. The van der Waals surface area contributed by atoms with Crippen molar-refractivity contribution in [1.29, 1.82) is 0 Å². The van der Waals surface area contributed by atoms with Crippen LogP contribution in [0.3, 0.4) is 0 Å². The molecule has 0 bridgehead atoms. The number of morpholine rings is 2. The number of hydrogen-bond donors (Lipinski definition) is 2. The Hall–Kier alpha value is -0.160. The number of nitrogens with one attached hydrogen (secondary N) is 2. The lowest BCUT2D eigenvalue weighted by molar-refractivity contribution is -0.0933. The van der Waals surface area contributed by atoms with Gasteiger partial charge in [-0.2, -0.15) is 0 Å². The maximum absolute atomic E-state index is 5.59. The average molecular weight is 172 g/mol. The van der Waals surface area contributed by atoms with Crippen molar-refractivity contribution in [1.82, 2.24) is 10.6 Å². The molecule has 2 heterocycles. The van der Waals surface area contributed by atoms with Gasteiger partial charge in [-0.25, -0.2) is 0 Å². The fraction of sp³-hybridized carbons (Fsp3) is 1.00. The Morgan fingerprint density at radius 2 is 1.33 bits per heavy atom. The minimum atomic E-state index is 0.242. The second-order valence-corrected chi connectivity index (χ2v) is 3.23. The number of hydrogen-bond acceptors (Lipinski definition) is 4. The highest BCUT2D eigenvalue weighted by Crippen LogP contribution is 2.07. The fourth-order valence-electron chi connectivity index (χ4n) is 1.65. The zero-order chi connectivity index (χ0) is 8.23. The van der Waals surface area contributed by atoms with Crippen molar-refractivity contribution in [2.75, 3.05) is 39.4 Å². The third-order valence-electron chi connectivity index (χ3n) is 2.33. The van der Waals surface area contributed by atoms with Crippen LogP contribution in [-0.2, 0) is 9.47 Å². The van der Waals surface area contributed by atoms with Crippen LogP contribution < -0.4 is 10.6 Å². The Labute approximate surface area is 72.6 Å². The third-order valence-corrected chi connectivity index (χ3v) is 2.33. The topological polar surface area (TPSA) is 42.5 Å². The van der Waals surface area contributed by atoms with E-state index in [-0.39, 0.29) is 12.2 Å². The SMILES string of the molecule is C1COC(C2CNCCO2)CN1. The molecule has 2 aliphatic rings. The van der Waals surface area contributed by atoms with Gasteiger partial charge in [0.05, 0.1) is 25.4 Å². The van der Waals surface area contributed by atoms with Crippen LogP contribution >= 0.6 is 0 Å². The molecule has 0 aromatic carbocycles. The average Bonchev–Trinajstić information content (AvgIpc) is 2.21. The summed E-state index contributed by atoms with van der Waals surface area (Å²) in [4.78, 5) is 0. The van der Waals surface area contributed by atoms with E-state index >= 15 is 0 Å². The van der Waals surface area contributed by atoms with Gasteiger partial charge in [0.25, 0.3) is 0 Å². The Morgan fingerprint density at radius 1 is 0.833 bits per heavy atom. The normalized spacial score (nSPS) is 38.0. The highest BCUT2D eigenvalue weighted by Gasteiger charge is 2.26. The molecule has 2 saturated heterocycles. The van der Waals surface area contributed by atoms with Crippen LogP contribution in [0.15, 0.2) is 0 Å². The molecule has 0 saturated carbocycles. The highest BCUT2D eigenvalue weighted by atomic mass is 16.5. The second kappa shape index (κ2) is 4.18. The van der Waals surface area contributed by atoms with Crippen molar-refractivity contribution in [3.05, 3.63) is 0 Å². The first-order chi connectivity index (χ1) is 5.97. The number of ether oxygens (including phenoxy) is 2. The molecule has 12 heavy (non-hydrogen) atoms. The largest absolute Gasteiger partial charge is 0.373 e. The van der Waals surface area contributed by atoms with E-state index in [2.05, 4.69) is 10.6 Å². The van der Waals surface area contributed by atoms with Crippen molar-refractivity contribution < 1.29 is 9.47 Å². The summed E-state index contributed by atoms with van der Waals surface area (Å²) in [6, 6.07) is 0. The van der Waals surface area contributed by atoms with E-state index in [4.69, 9.17) is 9.47 Å². The minimum Gasteiger partial charge on any atom is -0.373 e. The summed E-state index contributed by atoms with van der Waals surface area (Å²) in [5.41, 5.74) is 0. The highest BCUT2D eigenvalue weighted by molar-refractivity contribution is 4.80. The van der Waals surface area contributed by atoms with E-state index in [9.17, 15) is 0 Å². The summed E-state index contributed by atoms with van der Waals surface area (Å²) in [5.74, 6) is 0. The first-order valence-electron chi connectivity index (χ1n) is 4.61. The smallest absolute Gasteiger partial charge is 0.0973 e. The lowest BCUT2D eigenvalue weighted by Crippen LogP contribution is -2.52. The van der Waals surface area contributed by atoms with E-state index in [0.717, 1.165) is 39.4 Å². The first kappa shape index (κ1) is 8.44. The quantitative estimate of drug-likeness (QED) is 0.530. The van der Waals surface area contributed by atoms with E-state index in [1.807, 2.05) is 0 Å². The van der Waals surface area contributed by atoms with Crippen LogP contribution in [0, 0.1) is 0 Å². The molecule has 2 rings (SSSR count). The van der Waals surface area contributed by atoms with Crippen molar-refractivity contribution in [3.8, 4) is 0 Å². The van der Waals surface area contributed by atoms with Gasteiger partial charge >= 0.3 is 0 Å². The van der Waals surface area contributed by atoms with E-state index in [0.29, 0.717) is 0 Å². The van der Waals surface area contributed by atoms with Crippen molar-refractivity contribution in [3.63, 3.8) is 0 Å². The van der Waals surface area contributed by atoms with E-state index in [1.54, 1.807) is 0 Å². The van der Waals surface area contributed by atoms with E-state index in [1.165, 1.54) is 0 Å². The lowest BCUT2D eigenvalue weighted by atomic mass is 10.1. The fourth-order valence-corrected chi connectivity index (χ4v) is 1.65. The molecule has 2 fully saturated rings. The Kier molecular flexibility index (Phi) is 2.94. The van der Waals surface area contributed by atoms with Crippen molar-refractivity contribution in [2.45, 2.75) is 12.2 Å². The van der Waals surface area contributed by atoms with Crippen molar-refractivity contribution >= 4 is 0 Å². The second-order valence-electron chi connectivity index (χ2n) is 3.23. The minimum absolute atomic E-state index is 0.242. The number of rotatable bonds is 1. The lowest BCUT2D eigenvalue weighted by Gasteiger charge is -2.33. The molecule has 2 aliphatic heterocycles. The van der Waals surface area contributed by atoms with Crippen LogP contribution in [0.2, 0.25) is 0 Å². The van der Waals surface area contributed by atoms with Crippen LogP contribution in [0.5, 0.6) is 0 Å². The summed E-state index contributed by atoms with van der Waals surface area (Å²) in [7, 11) is 0. The zero-order valence-electron chi connectivity index (χ0n) is 7.21. The first-order valence-corrected chi connectivity index (χ1v) is 4.61. The maximum Gasteiger partial charge on any atom is 0.0973 e. The summed E-state index contributed by atoms with van der Waals surface area (Å²) in [5, 5.41) is 6.60. The van der Waals surface area contributed by atoms with Gasteiger partial charge in [-0.15, -0.1) is 0 Å². The molecule has 0 radical (unpaired) electrons. The van der Waals surface area contributed by atoms with Gasteiger partial charge in [-0.05, 0) is 0 Å². The van der Waals surface area contributed by atoms with Crippen molar-refractivity contribution in [2.24, 2.45) is 0 Å². The molecule has 0 amide bonds. The Balaban J connectivity index is 1.80.